The van der Waals surface area contributed by atoms with Crippen LogP contribution in [0.1, 0.15) is 37.0 Å². The minimum absolute atomic E-state index is 0.0606. The molecule has 0 saturated carbocycles. The number of aromatic amines is 1. The van der Waals surface area contributed by atoms with Crippen molar-refractivity contribution in [1.29, 1.82) is 0 Å². The summed E-state index contributed by atoms with van der Waals surface area (Å²) < 4.78 is 7.81. The van der Waals surface area contributed by atoms with Crippen molar-refractivity contribution in [3.05, 3.63) is 73.7 Å². The van der Waals surface area contributed by atoms with Crippen LogP contribution >= 0.6 is 11.6 Å². The molecule has 0 aliphatic heterocycles. The number of aromatic nitrogens is 6. The second kappa shape index (κ2) is 8.66. The highest BCUT2D eigenvalue weighted by atomic mass is 35.5. The van der Waals surface area contributed by atoms with Crippen molar-refractivity contribution in [2.24, 2.45) is 0 Å². The number of halogens is 1. The van der Waals surface area contributed by atoms with Gasteiger partial charge in [-0.1, -0.05) is 48.8 Å². The quantitative estimate of drug-likeness (QED) is 0.432. The minimum Gasteiger partial charge on any atom is -0.337 e. The highest BCUT2D eigenvalue weighted by Crippen LogP contribution is 2.11. The number of rotatable bonds is 8. The fraction of sp³-hybridized carbons (Fsp3) is 0.350. The predicted octanol–water partition coefficient (Wildman–Crippen LogP) is 2.56. The average Bonchev–Trinajstić information content (AvgIpc) is 3.37. The summed E-state index contributed by atoms with van der Waals surface area (Å²) in [6.07, 6.45) is 3.02. The number of hydrogen-bond acceptors (Lipinski definition) is 6. The summed E-state index contributed by atoms with van der Waals surface area (Å²) in [6.45, 7) is 2.33. The van der Waals surface area contributed by atoms with E-state index < -0.39 is 11.2 Å². The van der Waals surface area contributed by atoms with E-state index in [0.29, 0.717) is 18.8 Å². The van der Waals surface area contributed by atoms with Gasteiger partial charge in [-0.05, 0) is 30.0 Å². The summed E-state index contributed by atoms with van der Waals surface area (Å²) in [5.41, 5.74) is 0.605. The smallest absolute Gasteiger partial charge is 0.333 e. The van der Waals surface area contributed by atoms with Gasteiger partial charge < -0.3 is 9.51 Å². The van der Waals surface area contributed by atoms with E-state index in [2.05, 4.69) is 20.1 Å². The first kappa shape index (κ1) is 20.1. The van der Waals surface area contributed by atoms with Crippen LogP contribution in [0.4, 0.5) is 0 Å². The summed E-state index contributed by atoms with van der Waals surface area (Å²) in [7, 11) is 0. The maximum atomic E-state index is 13.0. The molecule has 0 aliphatic carbocycles. The van der Waals surface area contributed by atoms with E-state index in [9.17, 15) is 9.59 Å². The molecular formula is C20H21ClN6O3. The van der Waals surface area contributed by atoms with E-state index in [1.54, 1.807) is 0 Å². The lowest BCUT2D eigenvalue weighted by molar-refractivity contribution is 0.361. The second-order valence-corrected chi connectivity index (χ2v) is 7.35. The minimum atomic E-state index is -0.522. The fourth-order valence-electron chi connectivity index (χ4n) is 3.29. The molecule has 0 amide bonds. The lowest BCUT2D eigenvalue weighted by Gasteiger charge is -2.09. The first-order valence-electron chi connectivity index (χ1n) is 9.81. The lowest BCUT2D eigenvalue weighted by atomic mass is 10.1. The van der Waals surface area contributed by atoms with Crippen LogP contribution in [0.3, 0.4) is 0 Å². The van der Waals surface area contributed by atoms with Gasteiger partial charge in [0.1, 0.15) is 6.54 Å². The van der Waals surface area contributed by atoms with Crippen LogP contribution in [0.25, 0.3) is 11.2 Å². The Bertz CT molecular complexity index is 1270. The van der Waals surface area contributed by atoms with E-state index in [1.165, 1.54) is 10.1 Å². The lowest BCUT2D eigenvalue weighted by Crippen LogP contribution is -2.40. The summed E-state index contributed by atoms with van der Waals surface area (Å²) in [5, 5.41) is 4.03. The molecule has 4 rings (SSSR count). The third-order valence-electron chi connectivity index (χ3n) is 4.85. The van der Waals surface area contributed by atoms with Crippen molar-refractivity contribution in [1.82, 2.24) is 29.2 Å². The molecule has 0 fully saturated rings. The number of nitrogens with zero attached hydrogens (tertiary/aromatic N) is 5. The van der Waals surface area contributed by atoms with Crippen LogP contribution in [-0.4, -0.2) is 29.2 Å². The molecule has 1 aromatic carbocycles. The Kier molecular flexibility index (Phi) is 5.80. The Balaban J connectivity index is 1.61. The summed E-state index contributed by atoms with van der Waals surface area (Å²) in [4.78, 5) is 37.0. The van der Waals surface area contributed by atoms with Crippen molar-refractivity contribution in [2.75, 3.05) is 0 Å². The van der Waals surface area contributed by atoms with Gasteiger partial charge >= 0.3 is 5.69 Å². The molecule has 156 valence electrons. The molecule has 4 aromatic rings. The average molecular weight is 429 g/mol. The zero-order valence-electron chi connectivity index (χ0n) is 16.5. The number of imidazole rings is 1. The Morgan fingerprint density at radius 3 is 2.67 bits per heavy atom. The number of benzene rings is 1. The van der Waals surface area contributed by atoms with Crippen molar-refractivity contribution in [2.45, 2.75) is 45.7 Å². The third kappa shape index (κ3) is 4.06. The molecule has 3 heterocycles. The van der Waals surface area contributed by atoms with Gasteiger partial charge in [0, 0.05) is 13.0 Å². The largest absolute Gasteiger partial charge is 0.337 e. The van der Waals surface area contributed by atoms with Crippen LogP contribution < -0.4 is 11.2 Å². The predicted molar refractivity (Wildman–Crippen MR) is 112 cm³/mol. The van der Waals surface area contributed by atoms with E-state index in [0.717, 1.165) is 23.8 Å². The Morgan fingerprint density at radius 2 is 1.90 bits per heavy atom. The van der Waals surface area contributed by atoms with Gasteiger partial charge in [0.15, 0.2) is 17.0 Å². The molecule has 0 unspecified atom stereocenters. The van der Waals surface area contributed by atoms with Gasteiger partial charge in [-0.3, -0.25) is 9.36 Å². The van der Waals surface area contributed by atoms with Gasteiger partial charge in [0.25, 0.3) is 5.56 Å². The molecule has 30 heavy (non-hydrogen) atoms. The van der Waals surface area contributed by atoms with Crippen LogP contribution in [0, 0.1) is 0 Å². The van der Waals surface area contributed by atoms with E-state index in [-0.39, 0.29) is 28.9 Å². The number of nitrogens with one attached hydrogen (secondary N) is 1. The topological polar surface area (TPSA) is 112 Å². The van der Waals surface area contributed by atoms with Crippen LogP contribution in [-0.2, 0) is 25.9 Å². The molecule has 10 heteroatoms. The Morgan fingerprint density at radius 1 is 1.10 bits per heavy atom. The highest BCUT2D eigenvalue weighted by molar-refractivity contribution is 6.28. The molecule has 3 aromatic heterocycles. The van der Waals surface area contributed by atoms with Gasteiger partial charge in [-0.15, -0.1) is 0 Å². The van der Waals surface area contributed by atoms with E-state index in [1.807, 2.05) is 37.3 Å². The summed E-state index contributed by atoms with van der Waals surface area (Å²) >= 11 is 5.94. The molecule has 0 atom stereocenters. The van der Waals surface area contributed by atoms with Crippen LogP contribution in [0.15, 0.2) is 44.4 Å². The maximum Gasteiger partial charge on any atom is 0.333 e. The molecule has 0 spiro atoms. The Labute approximate surface area is 176 Å². The number of aryl methyl sites for hydroxylation is 3. The first-order valence-corrected chi connectivity index (χ1v) is 10.2. The highest BCUT2D eigenvalue weighted by Gasteiger charge is 2.19. The molecule has 0 radical (unpaired) electrons. The van der Waals surface area contributed by atoms with Crippen LogP contribution in [0.5, 0.6) is 0 Å². The van der Waals surface area contributed by atoms with Gasteiger partial charge in [0.05, 0.1) is 0 Å². The van der Waals surface area contributed by atoms with Gasteiger partial charge in [-0.25, -0.2) is 9.36 Å². The van der Waals surface area contributed by atoms with Gasteiger partial charge in [0.2, 0.25) is 11.2 Å². The molecular weight excluding hydrogens is 408 g/mol. The van der Waals surface area contributed by atoms with Crippen molar-refractivity contribution in [3.63, 3.8) is 0 Å². The maximum absolute atomic E-state index is 13.0. The van der Waals surface area contributed by atoms with Gasteiger partial charge in [-0.2, -0.15) is 9.97 Å². The molecule has 9 nitrogen and oxygen atoms in total. The normalized spacial score (nSPS) is 11.4. The Hall–Kier alpha value is -3.20. The van der Waals surface area contributed by atoms with Crippen molar-refractivity contribution in [3.8, 4) is 0 Å². The third-order valence-corrected chi connectivity index (χ3v) is 5.03. The zero-order chi connectivity index (χ0) is 21.1. The fourth-order valence-corrected chi connectivity index (χ4v) is 3.46. The number of unbranched alkanes of at least 4 members (excludes halogenated alkanes) is 1. The summed E-state index contributed by atoms with van der Waals surface area (Å²) in [6, 6.07) is 9.98. The zero-order valence-corrected chi connectivity index (χ0v) is 17.2. The number of H-pyrrole nitrogens is 1. The standard InChI is InChI=1S/C20H21ClN6O3/c1-2-3-11-26-17-16(23-19(21)24-17)18(28)27(20(26)29)12-15-22-14(25-30-15)10-9-13-7-5-4-6-8-13/h4-8H,2-3,9-12H2,1H3,(H,23,24). The van der Waals surface area contributed by atoms with Crippen molar-refractivity contribution >= 4 is 22.8 Å². The van der Waals surface area contributed by atoms with Crippen LogP contribution in [0.2, 0.25) is 5.28 Å². The number of fused-ring (bicyclic) bond motifs is 1. The second-order valence-electron chi connectivity index (χ2n) is 7.00. The molecule has 0 bridgehead atoms. The molecule has 0 aliphatic rings. The van der Waals surface area contributed by atoms with E-state index in [4.69, 9.17) is 16.1 Å². The van der Waals surface area contributed by atoms with Crippen molar-refractivity contribution < 1.29 is 4.52 Å². The SMILES string of the molecule is CCCCn1c(=O)n(Cc2nc(CCc3ccccc3)no2)c(=O)c2[nH]c(Cl)nc21. The summed E-state index contributed by atoms with van der Waals surface area (Å²) in [5.74, 6) is 0.725. The first-order chi connectivity index (χ1) is 14.6. The number of hydrogen-bond donors (Lipinski definition) is 1. The molecule has 0 saturated heterocycles. The molecule has 1 N–H and O–H groups in total. The monoisotopic (exact) mass is 428 g/mol. The van der Waals surface area contributed by atoms with E-state index >= 15 is 0 Å².